The zero-order chi connectivity index (χ0) is 18.7. The second kappa shape index (κ2) is 7.45. The molecular formula is C19H26N4O3. The number of rotatable bonds is 3. The Labute approximate surface area is 153 Å². The minimum atomic E-state index is -0.0532. The Bertz CT molecular complexity index is 743. The summed E-state index contributed by atoms with van der Waals surface area (Å²) in [6, 6.07) is 8.07. The Morgan fingerprint density at radius 3 is 2.42 bits per heavy atom. The highest BCUT2D eigenvalue weighted by Crippen LogP contribution is 2.25. The van der Waals surface area contributed by atoms with Gasteiger partial charge in [-0.25, -0.2) is 4.79 Å². The van der Waals surface area contributed by atoms with Gasteiger partial charge in [-0.05, 0) is 23.1 Å². The van der Waals surface area contributed by atoms with Crippen LogP contribution in [-0.2, 0) is 16.7 Å². The number of benzene rings is 1. The van der Waals surface area contributed by atoms with Crippen molar-refractivity contribution in [2.45, 2.75) is 32.7 Å². The van der Waals surface area contributed by atoms with Crippen LogP contribution in [0, 0.1) is 0 Å². The van der Waals surface area contributed by atoms with Gasteiger partial charge in [-0.15, -0.1) is 10.2 Å². The molecule has 0 atom stereocenters. The molecule has 2 heterocycles. The molecule has 2 amide bonds. The summed E-state index contributed by atoms with van der Waals surface area (Å²) in [5.41, 5.74) is 2.22. The Kier molecular flexibility index (Phi) is 5.27. The van der Waals surface area contributed by atoms with Gasteiger partial charge in [0.2, 0.25) is 11.8 Å². The molecule has 0 N–H and O–H groups in total. The minimum Gasteiger partial charge on any atom is -0.419 e. The van der Waals surface area contributed by atoms with Crippen molar-refractivity contribution < 1.29 is 13.9 Å². The molecule has 1 aromatic carbocycles. The molecule has 7 heteroatoms. The van der Waals surface area contributed by atoms with Gasteiger partial charge in [0, 0.05) is 25.7 Å². The molecule has 1 fully saturated rings. The van der Waals surface area contributed by atoms with Crippen LogP contribution in [0.4, 0.5) is 4.79 Å². The van der Waals surface area contributed by atoms with Crippen LogP contribution in [0.1, 0.15) is 32.2 Å². The first-order chi connectivity index (χ1) is 12.3. The predicted octanol–water partition coefficient (Wildman–Crippen LogP) is 2.92. The highest BCUT2D eigenvalue weighted by Gasteiger charge is 2.22. The van der Waals surface area contributed by atoms with Crippen LogP contribution in [-0.4, -0.2) is 59.4 Å². The molecule has 0 saturated carbocycles. The minimum absolute atomic E-state index is 0.0532. The topological polar surface area (TPSA) is 71.7 Å². The first kappa shape index (κ1) is 18.4. The van der Waals surface area contributed by atoms with Crippen molar-refractivity contribution in [3.05, 3.63) is 35.7 Å². The van der Waals surface area contributed by atoms with Crippen molar-refractivity contribution in [2.75, 3.05) is 33.4 Å². The Hall–Kier alpha value is -2.41. The largest absolute Gasteiger partial charge is 0.419 e. The molecule has 0 radical (unpaired) electrons. The zero-order valence-electron chi connectivity index (χ0n) is 15.9. The van der Waals surface area contributed by atoms with Crippen LogP contribution in [0.25, 0.3) is 11.5 Å². The molecule has 1 aromatic heterocycles. The van der Waals surface area contributed by atoms with Gasteiger partial charge >= 0.3 is 6.03 Å². The van der Waals surface area contributed by atoms with Crippen molar-refractivity contribution >= 4 is 6.03 Å². The van der Waals surface area contributed by atoms with Crippen molar-refractivity contribution in [1.82, 2.24) is 20.0 Å². The van der Waals surface area contributed by atoms with Gasteiger partial charge in [0.15, 0.2) is 0 Å². The SMILES string of the molecule is CN(Cc1nnc(-c2ccc(C(C)(C)C)cc2)o1)C(=O)N1CCOCC1. The lowest BCUT2D eigenvalue weighted by Crippen LogP contribution is -2.46. The fraction of sp³-hybridized carbons (Fsp3) is 0.526. The van der Waals surface area contributed by atoms with Crippen molar-refractivity contribution in [3.8, 4) is 11.5 Å². The molecular weight excluding hydrogens is 332 g/mol. The van der Waals surface area contributed by atoms with Gasteiger partial charge in [0.05, 0.1) is 13.2 Å². The monoisotopic (exact) mass is 358 g/mol. The highest BCUT2D eigenvalue weighted by molar-refractivity contribution is 5.74. The van der Waals surface area contributed by atoms with Gasteiger partial charge in [-0.2, -0.15) is 0 Å². The molecule has 2 aromatic rings. The van der Waals surface area contributed by atoms with Gasteiger partial charge in [0.1, 0.15) is 6.54 Å². The molecule has 1 aliphatic heterocycles. The standard InChI is InChI=1S/C19H26N4O3/c1-19(2,3)15-7-5-14(6-8-15)17-21-20-16(26-17)13-22(4)18(24)23-9-11-25-12-10-23/h5-8H,9-13H2,1-4H3. The number of carbonyl (C=O) groups excluding carboxylic acids is 1. The van der Waals surface area contributed by atoms with Crippen molar-refractivity contribution in [3.63, 3.8) is 0 Å². The number of carbonyl (C=O) groups is 1. The first-order valence-corrected chi connectivity index (χ1v) is 8.85. The van der Waals surface area contributed by atoms with Crippen LogP contribution >= 0.6 is 0 Å². The van der Waals surface area contributed by atoms with Crippen LogP contribution in [0.15, 0.2) is 28.7 Å². The molecule has 140 valence electrons. The fourth-order valence-corrected chi connectivity index (χ4v) is 2.81. The average molecular weight is 358 g/mol. The maximum absolute atomic E-state index is 12.4. The Morgan fingerprint density at radius 1 is 1.15 bits per heavy atom. The number of aromatic nitrogens is 2. The van der Waals surface area contributed by atoms with Gasteiger partial charge in [-0.1, -0.05) is 32.9 Å². The molecule has 7 nitrogen and oxygen atoms in total. The smallest absolute Gasteiger partial charge is 0.320 e. The summed E-state index contributed by atoms with van der Waals surface area (Å²) in [5, 5.41) is 8.19. The summed E-state index contributed by atoms with van der Waals surface area (Å²) in [4.78, 5) is 15.8. The molecule has 0 unspecified atom stereocenters. The number of hydrogen-bond donors (Lipinski definition) is 0. The third kappa shape index (κ3) is 4.22. The molecule has 0 aliphatic carbocycles. The number of hydrogen-bond acceptors (Lipinski definition) is 5. The van der Waals surface area contributed by atoms with E-state index in [1.165, 1.54) is 5.56 Å². The van der Waals surface area contributed by atoms with E-state index < -0.39 is 0 Å². The van der Waals surface area contributed by atoms with E-state index in [1.54, 1.807) is 16.8 Å². The first-order valence-electron chi connectivity index (χ1n) is 8.85. The maximum atomic E-state index is 12.4. The van der Waals surface area contributed by atoms with Gasteiger partial charge in [-0.3, -0.25) is 0 Å². The summed E-state index contributed by atoms with van der Waals surface area (Å²) in [5.74, 6) is 0.886. The lowest BCUT2D eigenvalue weighted by molar-refractivity contribution is 0.0442. The van der Waals surface area contributed by atoms with E-state index in [-0.39, 0.29) is 18.0 Å². The van der Waals surface area contributed by atoms with E-state index in [0.29, 0.717) is 38.1 Å². The summed E-state index contributed by atoms with van der Waals surface area (Å²) in [6.45, 7) is 9.18. The van der Waals surface area contributed by atoms with Crippen molar-refractivity contribution in [2.24, 2.45) is 0 Å². The summed E-state index contributed by atoms with van der Waals surface area (Å²) in [6.07, 6.45) is 0. The number of morpholine rings is 1. The fourth-order valence-electron chi connectivity index (χ4n) is 2.81. The van der Waals surface area contributed by atoms with Crippen LogP contribution in [0.3, 0.4) is 0 Å². The lowest BCUT2D eigenvalue weighted by Gasteiger charge is -2.30. The predicted molar refractivity (Wildman–Crippen MR) is 97.7 cm³/mol. The van der Waals surface area contributed by atoms with E-state index >= 15 is 0 Å². The number of nitrogens with zero attached hydrogens (tertiary/aromatic N) is 4. The zero-order valence-corrected chi connectivity index (χ0v) is 15.9. The summed E-state index contributed by atoms with van der Waals surface area (Å²) < 4.78 is 11.0. The van der Waals surface area contributed by atoms with E-state index in [9.17, 15) is 4.79 Å². The number of ether oxygens (including phenoxy) is 1. The maximum Gasteiger partial charge on any atom is 0.320 e. The second-order valence-electron chi connectivity index (χ2n) is 7.57. The van der Waals surface area contributed by atoms with Crippen LogP contribution < -0.4 is 0 Å². The second-order valence-corrected chi connectivity index (χ2v) is 7.57. The molecule has 1 aliphatic rings. The third-order valence-corrected chi connectivity index (χ3v) is 4.45. The summed E-state index contributed by atoms with van der Waals surface area (Å²) >= 11 is 0. The highest BCUT2D eigenvalue weighted by atomic mass is 16.5. The van der Waals surface area contributed by atoms with E-state index in [1.807, 2.05) is 12.1 Å². The Morgan fingerprint density at radius 2 is 1.81 bits per heavy atom. The van der Waals surface area contributed by atoms with Gasteiger partial charge in [0.25, 0.3) is 0 Å². The van der Waals surface area contributed by atoms with E-state index in [0.717, 1.165) is 5.56 Å². The normalized spacial score (nSPS) is 15.2. The molecule has 26 heavy (non-hydrogen) atoms. The van der Waals surface area contributed by atoms with Crippen molar-refractivity contribution in [1.29, 1.82) is 0 Å². The molecule has 3 rings (SSSR count). The van der Waals surface area contributed by atoms with E-state index in [4.69, 9.17) is 9.15 Å². The van der Waals surface area contributed by atoms with Crippen LogP contribution in [0.2, 0.25) is 0 Å². The molecule has 0 bridgehead atoms. The quantitative estimate of drug-likeness (QED) is 0.844. The van der Waals surface area contributed by atoms with Crippen LogP contribution in [0.5, 0.6) is 0 Å². The summed E-state index contributed by atoms with van der Waals surface area (Å²) in [7, 11) is 1.74. The molecule has 0 spiro atoms. The number of urea groups is 1. The van der Waals surface area contributed by atoms with Gasteiger partial charge < -0.3 is 19.0 Å². The molecule has 1 saturated heterocycles. The average Bonchev–Trinajstić information content (AvgIpc) is 3.09. The lowest BCUT2D eigenvalue weighted by atomic mass is 9.87. The Balaban J connectivity index is 1.65. The van der Waals surface area contributed by atoms with E-state index in [2.05, 4.69) is 43.1 Å². The number of amides is 2. The third-order valence-electron chi connectivity index (χ3n) is 4.45.